The van der Waals surface area contributed by atoms with Crippen molar-refractivity contribution in [2.24, 2.45) is 5.73 Å². The lowest BCUT2D eigenvalue weighted by molar-refractivity contribution is 0.349. The number of nitrogens with zero attached hydrogens (tertiary/aromatic N) is 1. The zero-order valence-corrected chi connectivity index (χ0v) is 9.79. The van der Waals surface area contributed by atoms with Gasteiger partial charge in [0.2, 0.25) is 0 Å². The fraction of sp³-hybridized carbons (Fsp3) is 0.500. The largest absolute Gasteiger partial charge is 0.496 e. The summed E-state index contributed by atoms with van der Waals surface area (Å²) in [7, 11) is 3.72. The summed E-state index contributed by atoms with van der Waals surface area (Å²) < 4.78 is 5.22. The van der Waals surface area contributed by atoms with Gasteiger partial charge in [0.05, 0.1) is 7.11 Å². The molecule has 0 aliphatic heterocycles. The Balaban J connectivity index is 2.59. The molecule has 3 heteroatoms. The lowest BCUT2D eigenvalue weighted by Gasteiger charge is -2.14. The summed E-state index contributed by atoms with van der Waals surface area (Å²) in [6.07, 6.45) is 1.03. The highest BCUT2D eigenvalue weighted by molar-refractivity contribution is 5.36. The van der Waals surface area contributed by atoms with Crippen LogP contribution in [0, 0.1) is 6.92 Å². The third-order valence-corrected chi connectivity index (χ3v) is 2.55. The number of ether oxygens (including phenoxy) is 1. The first-order chi connectivity index (χ1) is 7.17. The second-order valence-electron chi connectivity index (χ2n) is 3.82. The number of hydrogen-bond acceptors (Lipinski definition) is 3. The zero-order chi connectivity index (χ0) is 11.3. The molecule has 1 rings (SSSR count). The van der Waals surface area contributed by atoms with Crippen LogP contribution in [0.25, 0.3) is 0 Å². The number of benzene rings is 1. The normalized spacial score (nSPS) is 10.7. The average molecular weight is 208 g/mol. The quantitative estimate of drug-likeness (QED) is 0.743. The van der Waals surface area contributed by atoms with Crippen molar-refractivity contribution in [1.82, 2.24) is 4.90 Å². The molecule has 0 unspecified atom stereocenters. The molecule has 0 atom stereocenters. The van der Waals surface area contributed by atoms with Gasteiger partial charge in [0.1, 0.15) is 5.75 Å². The van der Waals surface area contributed by atoms with Crippen LogP contribution < -0.4 is 10.5 Å². The molecule has 2 N–H and O–H groups in total. The third-order valence-electron chi connectivity index (χ3n) is 2.55. The van der Waals surface area contributed by atoms with E-state index in [1.165, 1.54) is 11.1 Å². The lowest BCUT2D eigenvalue weighted by atomic mass is 10.1. The minimum absolute atomic E-state index is 0.606. The highest BCUT2D eigenvalue weighted by Gasteiger charge is 2.01. The number of likely N-dealkylation sites (N-methyl/N-ethyl adjacent to an activating group) is 1. The Kier molecular flexibility index (Phi) is 4.59. The molecule has 3 nitrogen and oxygen atoms in total. The molecule has 0 saturated carbocycles. The molecule has 1 aromatic rings. The van der Waals surface area contributed by atoms with Crippen LogP contribution in [0.1, 0.15) is 11.1 Å². The first-order valence-electron chi connectivity index (χ1n) is 5.19. The van der Waals surface area contributed by atoms with Crippen LogP contribution in [0.3, 0.4) is 0 Å². The Morgan fingerprint density at radius 2 is 2.13 bits per heavy atom. The first kappa shape index (κ1) is 12.0. The molecular formula is C12H20N2O. The van der Waals surface area contributed by atoms with Crippen molar-refractivity contribution in [1.29, 1.82) is 0 Å². The summed E-state index contributed by atoms with van der Waals surface area (Å²) in [4.78, 5) is 2.10. The van der Waals surface area contributed by atoms with E-state index in [0.717, 1.165) is 18.7 Å². The summed E-state index contributed by atoms with van der Waals surface area (Å²) in [5.74, 6) is 0.950. The van der Waals surface area contributed by atoms with E-state index in [9.17, 15) is 0 Å². The molecule has 0 heterocycles. The van der Waals surface area contributed by atoms with E-state index < -0.39 is 0 Å². The van der Waals surface area contributed by atoms with Gasteiger partial charge in [0.15, 0.2) is 0 Å². The van der Waals surface area contributed by atoms with Gasteiger partial charge in [-0.15, -0.1) is 0 Å². The van der Waals surface area contributed by atoms with Gasteiger partial charge in [-0.05, 0) is 37.6 Å². The Morgan fingerprint density at radius 3 is 2.67 bits per heavy atom. The van der Waals surface area contributed by atoms with Crippen LogP contribution in [-0.2, 0) is 6.42 Å². The van der Waals surface area contributed by atoms with Gasteiger partial charge in [-0.3, -0.25) is 4.90 Å². The van der Waals surface area contributed by atoms with Crippen LogP contribution in [0.4, 0.5) is 0 Å². The van der Waals surface area contributed by atoms with Crippen LogP contribution >= 0.6 is 0 Å². The molecule has 0 amide bonds. The van der Waals surface area contributed by atoms with Gasteiger partial charge in [-0.2, -0.15) is 0 Å². The third kappa shape index (κ3) is 3.53. The molecule has 0 aromatic heterocycles. The van der Waals surface area contributed by atoms with Crippen LogP contribution in [0.2, 0.25) is 0 Å². The standard InChI is InChI=1S/C12H20N2O/c1-10-8-11(4-5-12(10)15-3)6-7-14(2)9-13/h4-5,8H,6-7,9,13H2,1-3H3. The van der Waals surface area contributed by atoms with Gasteiger partial charge >= 0.3 is 0 Å². The predicted molar refractivity (Wildman–Crippen MR) is 63.1 cm³/mol. The van der Waals surface area contributed by atoms with Crippen molar-refractivity contribution in [2.75, 3.05) is 27.4 Å². The fourth-order valence-corrected chi connectivity index (χ4v) is 1.51. The molecule has 0 fully saturated rings. The fourth-order valence-electron chi connectivity index (χ4n) is 1.51. The minimum atomic E-state index is 0.606. The molecule has 0 radical (unpaired) electrons. The molecule has 1 aromatic carbocycles. The van der Waals surface area contributed by atoms with Gasteiger partial charge < -0.3 is 10.5 Å². The zero-order valence-electron chi connectivity index (χ0n) is 9.79. The Morgan fingerprint density at radius 1 is 1.40 bits per heavy atom. The summed E-state index contributed by atoms with van der Waals surface area (Å²) in [5, 5.41) is 0. The number of aryl methyl sites for hydroxylation is 1. The number of methoxy groups -OCH3 is 1. The topological polar surface area (TPSA) is 38.5 Å². The number of hydrogen-bond donors (Lipinski definition) is 1. The van der Waals surface area contributed by atoms with Gasteiger partial charge in [-0.1, -0.05) is 12.1 Å². The van der Waals surface area contributed by atoms with Crippen molar-refractivity contribution < 1.29 is 4.74 Å². The first-order valence-corrected chi connectivity index (χ1v) is 5.19. The van der Waals surface area contributed by atoms with Gasteiger partial charge in [-0.25, -0.2) is 0 Å². The molecular weight excluding hydrogens is 188 g/mol. The minimum Gasteiger partial charge on any atom is -0.496 e. The summed E-state index contributed by atoms with van der Waals surface area (Å²) in [6, 6.07) is 6.30. The number of rotatable bonds is 5. The van der Waals surface area contributed by atoms with E-state index >= 15 is 0 Å². The average Bonchev–Trinajstić information content (AvgIpc) is 2.26. The van der Waals surface area contributed by atoms with Crippen molar-refractivity contribution in [3.63, 3.8) is 0 Å². The smallest absolute Gasteiger partial charge is 0.121 e. The monoisotopic (exact) mass is 208 g/mol. The SMILES string of the molecule is COc1ccc(CCN(C)CN)cc1C. The Hall–Kier alpha value is -1.06. The summed E-state index contributed by atoms with van der Waals surface area (Å²) in [6.45, 7) is 3.66. The maximum atomic E-state index is 5.52. The van der Waals surface area contributed by atoms with Crippen molar-refractivity contribution in [2.45, 2.75) is 13.3 Å². The van der Waals surface area contributed by atoms with Crippen molar-refractivity contribution in [3.05, 3.63) is 29.3 Å². The molecule has 0 bridgehead atoms. The summed E-state index contributed by atoms with van der Waals surface area (Å²) >= 11 is 0. The van der Waals surface area contributed by atoms with E-state index in [1.54, 1.807) is 7.11 Å². The second-order valence-corrected chi connectivity index (χ2v) is 3.82. The molecule has 0 spiro atoms. The van der Waals surface area contributed by atoms with E-state index in [-0.39, 0.29) is 0 Å². The second kappa shape index (κ2) is 5.73. The Bertz CT molecular complexity index is 312. The molecule has 0 aliphatic carbocycles. The van der Waals surface area contributed by atoms with Crippen LogP contribution in [-0.4, -0.2) is 32.3 Å². The van der Waals surface area contributed by atoms with Gasteiger partial charge in [0, 0.05) is 13.2 Å². The van der Waals surface area contributed by atoms with Crippen molar-refractivity contribution >= 4 is 0 Å². The Labute approximate surface area is 91.8 Å². The molecule has 0 aliphatic rings. The summed E-state index contributed by atoms with van der Waals surface area (Å²) in [5.41, 5.74) is 8.03. The highest BCUT2D eigenvalue weighted by Crippen LogP contribution is 2.18. The molecule has 0 saturated heterocycles. The van der Waals surface area contributed by atoms with Crippen LogP contribution in [0.15, 0.2) is 18.2 Å². The maximum Gasteiger partial charge on any atom is 0.121 e. The van der Waals surface area contributed by atoms with Crippen LogP contribution in [0.5, 0.6) is 5.75 Å². The maximum absolute atomic E-state index is 5.52. The van der Waals surface area contributed by atoms with Crippen molar-refractivity contribution in [3.8, 4) is 5.75 Å². The predicted octanol–water partition coefficient (Wildman–Crippen LogP) is 1.39. The number of nitrogens with two attached hydrogens (primary N) is 1. The van der Waals surface area contributed by atoms with E-state index in [2.05, 4.69) is 24.0 Å². The van der Waals surface area contributed by atoms with E-state index in [1.807, 2.05) is 13.1 Å². The van der Waals surface area contributed by atoms with E-state index in [4.69, 9.17) is 10.5 Å². The lowest BCUT2D eigenvalue weighted by Crippen LogP contribution is -2.27. The van der Waals surface area contributed by atoms with E-state index in [0.29, 0.717) is 6.67 Å². The molecule has 15 heavy (non-hydrogen) atoms. The molecule has 84 valence electrons. The highest BCUT2D eigenvalue weighted by atomic mass is 16.5. The van der Waals surface area contributed by atoms with Gasteiger partial charge in [0.25, 0.3) is 0 Å².